The average molecular weight is 248 g/mol. The number of rotatable bonds is 3. The number of primary amides is 1. The first kappa shape index (κ1) is 11.5. The fourth-order valence-electron chi connectivity index (χ4n) is 1.41. The third-order valence-electron chi connectivity index (χ3n) is 2.18. The third-order valence-corrected chi connectivity index (χ3v) is 2.51. The maximum atomic E-state index is 10.6. The second-order valence-electron chi connectivity index (χ2n) is 3.42. The molecule has 0 aliphatic carbocycles. The number of halogens is 1. The fourth-order valence-corrected chi connectivity index (χ4v) is 1.64. The van der Waals surface area contributed by atoms with E-state index in [0.717, 1.165) is 5.56 Å². The largest absolute Gasteiger partial charge is 0.457 e. The van der Waals surface area contributed by atoms with Crippen molar-refractivity contribution >= 4 is 23.6 Å². The van der Waals surface area contributed by atoms with Gasteiger partial charge in [0.2, 0.25) is 5.91 Å². The van der Waals surface area contributed by atoms with Crippen LogP contribution in [0.25, 0.3) is 17.4 Å². The highest BCUT2D eigenvalue weighted by molar-refractivity contribution is 6.33. The van der Waals surface area contributed by atoms with Gasteiger partial charge in [-0.3, -0.25) is 4.79 Å². The minimum absolute atomic E-state index is 0.513. The molecule has 0 bridgehead atoms. The van der Waals surface area contributed by atoms with Crippen LogP contribution in [-0.2, 0) is 4.79 Å². The van der Waals surface area contributed by atoms with E-state index in [9.17, 15) is 4.79 Å². The summed E-state index contributed by atoms with van der Waals surface area (Å²) in [4.78, 5) is 10.6. The van der Waals surface area contributed by atoms with Crippen molar-refractivity contribution < 1.29 is 9.21 Å². The number of carbonyl (C=O) groups excluding carboxylic acids is 1. The highest BCUT2D eigenvalue weighted by atomic mass is 35.5. The Morgan fingerprint density at radius 1 is 1.24 bits per heavy atom. The molecule has 0 spiro atoms. The molecule has 1 aromatic carbocycles. The van der Waals surface area contributed by atoms with Crippen molar-refractivity contribution in [2.75, 3.05) is 0 Å². The SMILES string of the molecule is NC(=O)/C=C\c1ccc(-c2ccccc2Cl)o1. The van der Waals surface area contributed by atoms with Crippen LogP contribution in [0, 0.1) is 0 Å². The Hall–Kier alpha value is -2.00. The first-order valence-corrected chi connectivity index (χ1v) is 5.37. The molecule has 0 saturated carbocycles. The summed E-state index contributed by atoms with van der Waals surface area (Å²) in [6.07, 6.45) is 2.76. The molecule has 1 amide bonds. The van der Waals surface area contributed by atoms with Crippen molar-refractivity contribution in [3.05, 3.63) is 53.3 Å². The molecule has 2 N–H and O–H groups in total. The van der Waals surface area contributed by atoms with Gasteiger partial charge in [-0.1, -0.05) is 23.7 Å². The van der Waals surface area contributed by atoms with Gasteiger partial charge in [-0.25, -0.2) is 0 Å². The lowest BCUT2D eigenvalue weighted by atomic mass is 10.2. The van der Waals surface area contributed by atoms with E-state index in [4.69, 9.17) is 21.8 Å². The lowest BCUT2D eigenvalue weighted by molar-refractivity contribution is -0.113. The Morgan fingerprint density at radius 3 is 2.71 bits per heavy atom. The zero-order valence-electron chi connectivity index (χ0n) is 8.89. The lowest BCUT2D eigenvalue weighted by Gasteiger charge is -1.98. The molecule has 86 valence electrons. The Labute approximate surface area is 103 Å². The molecule has 0 saturated heterocycles. The first-order valence-electron chi connectivity index (χ1n) is 4.99. The molecule has 3 nitrogen and oxygen atoms in total. The first-order chi connectivity index (χ1) is 8.16. The van der Waals surface area contributed by atoms with Crippen molar-refractivity contribution in [1.82, 2.24) is 0 Å². The highest BCUT2D eigenvalue weighted by Gasteiger charge is 2.06. The maximum Gasteiger partial charge on any atom is 0.241 e. The smallest absolute Gasteiger partial charge is 0.241 e. The predicted molar refractivity (Wildman–Crippen MR) is 67.4 cm³/mol. The second kappa shape index (κ2) is 4.89. The Balaban J connectivity index is 2.30. The van der Waals surface area contributed by atoms with E-state index in [1.165, 1.54) is 12.2 Å². The molecule has 1 heterocycles. The molecular formula is C13H10ClNO2. The Morgan fingerprint density at radius 2 is 2.00 bits per heavy atom. The zero-order valence-corrected chi connectivity index (χ0v) is 9.65. The van der Waals surface area contributed by atoms with Crippen LogP contribution in [0.5, 0.6) is 0 Å². The molecule has 0 atom stereocenters. The highest BCUT2D eigenvalue weighted by Crippen LogP contribution is 2.29. The number of carbonyl (C=O) groups is 1. The number of amides is 1. The molecule has 2 aromatic rings. The van der Waals surface area contributed by atoms with Gasteiger partial charge in [-0.15, -0.1) is 0 Å². The molecule has 0 unspecified atom stereocenters. The molecule has 17 heavy (non-hydrogen) atoms. The summed E-state index contributed by atoms with van der Waals surface area (Å²) in [5.74, 6) is 0.694. The van der Waals surface area contributed by atoms with Gasteiger partial charge in [0.15, 0.2) is 0 Å². The standard InChI is InChI=1S/C13H10ClNO2/c14-11-4-2-1-3-10(11)12-7-5-9(17-12)6-8-13(15)16/h1-8H,(H2,15,16)/b8-6-. The van der Waals surface area contributed by atoms with E-state index < -0.39 is 5.91 Å². The average Bonchev–Trinajstić information content (AvgIpc) is 2.75. The summed E-state index contributed by atoms with van der Waals surface area (Å²) in [5.41, 5.74) is 5.81. The molecule has 0 aliphatic heterocycles. The monoisotopic (exact) mass is 247 g/mol. The van der Waals surface area contributed by atoms with Gasteiger partial charge in [-0.05, 0) is 30.3 Å². The summed E-state index contributed by atoms with van der Waals surface area (Å²) in [7, 11) is 0. The van der Waals surface area contributed by atoms with Crippen LogP contribution in [0.3, 0.4) is 0 Å². The van der Waals surface area contributed by atoms with Crippen LogP contribution in [0.2, 0.25) is 5.02 Å². The van der Waals surface area contributed by atoms with E-state index >= 15 is 0 Å². The summed E-state index contributed by atoms with van der Waals surface area (Å²) >= 11 is 6.04. The van der Waals surface area contributed by atoms with Crippen LogP contribution in [0.4, 0.5) is 0 Å². The Bertz CT molecular complexity index is 572. The number of benzene rings is 1. The predicted octanol–water partition coefficient (Wildman–Crippen LogP) is 3.10. The van der Waals surface area contributed by atoms with Crippen molar-refractivity contribution in [3.63, 3.8) is 0 Å². The van der Waals surface area contributed by atoms with E-state index in [2.05, 4.69) is 0 Å². The third kappa shape index (κ3) is 2.77. The summed E-state index contributed by atoms with van der Waals surface area (Å²) in [5, 5.41) is 0.618. The van der Waals surface area contributed by atoms with Crippen molar-refractivity contribution in [2.45, 2.75) is 0 Å². The minimum Gasteiger partial charge on any atom is -0.457 e. The topological polar surface area (TPSA) is 56.2 Å². The molecule has 2 rings (SSSR count). The van der Waals surface area contributed by atoms with E-state index in [-0.39, 0.29) is 0 Å². The fraction of sp³-hybridized carbons (Fsp3) is 0. The quantitative estimate of drug-likeness (QED) is 0.848. The van der Waals surface area contributed by atoms with Gasteiger partial charge in [-0.2, -0.15) is 0 Å². The molecule has 0 fully saturated rings. The number of nitrogens with two attached hydrogens (primary N) is 1. The van der Waals surface area contributed by atoms with Crippen LogP contribution in [-0.4, -0.2) is 5.91 Å². The molecule has 0 radical (unpaired) electrons. The summed E-state index contributed by atoms with van der Waals surface area (Å²) in [6.45, 7) is 0. The van der Waals surface area contributed by atoms with Crippen molar-refractivity contribution in [1.29, 1.82) is 0 Å². The van der Waals surface area contributed by atoms with Crippen molar-refractivity contribution in [3.8, 4) is 11.3 Å². The molecule has 4 heteroatoms. The van der Waals surface area contributed by atoms with Gasteiger partial charge < -0.3 is 10.2 Å². The molecule has 0 aliphatic rings. The number of hydrogen-bond acceptors (Lipinski definition) is 2. The van der Waals surface area contributed by atoms with Crippen LogP contribution < -0.4 is 5.73 Å². The molecular weight excluding hydrogens is 238 g/mol. The summed E-state index contributed by atoms with van der Waals surface area (Å²) in [6, 6.07) is 10.9. The van der Waals surface area contributed by atoms with Gasteiger partial charge >= 0.3 is 0 Å². The minimum atomic E-state index is -0.513. The van der Waals surface area contributed by atoms with Gasteiger partial charge in [0.25, 0.3) is 0 Å². The normalized spacial score (nSPS) is 10.9. The lowest BCUT2D eigenvalue weighted by Crippen LogP contribution is -2.04. The Kier molecular flexibility index (Phi) is 3.30. The van der Waals surface area contributed by atoms with E-state index in [1.807, 2.05) is 18.2 Å². The number of hydrogen-bond donors (Lipinski definition) is 1. The number of furan rings is 1. The summed E-state index contributed by atoms with van der Waals surface area (Å²) < 4.78 is 5.52. The van der Waals surface area contributed by atoms with E-state index in [1.54, 1.807) is 18.2 Å². The second-order valence-corrected chi connectivity index (χ2v) is 3.82. The zero-order chi connectivity index (χ0) is 12.3. The van der Waals surface area contributed by atoms with Gasteiger partial charge in [0, 0.05) is 11.6 Å². The van der Waals surface area contributed by atoms with Crippen LogP contribution in [0.15, 0.2) is 46.9 Å². The van der Waals surface area contributed by atoms with Gasteiger partial charge in [0.1, 0.15) is 11.5 Å². The van der Waals surface area contributed by atoms with Crippen LogP contribution >= 0.6 is 11.6 Å². The van der Waals surface area contributed by atoms with Crippen molar-refractivity contribution in [2.24, 2.45) is 5.73 Å². The van der Waals surface area contributed by atoms with E-state index in [0.29, 0.717) is 16.5 Å². The maximum absolute atomic E-state index is 10.6. The molecule has 1 aromatic heterocycles. The van der Waals surface area contributed by atoms with Gasteiger partial charge in [0.05, 0.1) is 5.02 Å². The van der Waals surface area contributed by atoms with Crippen LogP contribution in [0.1, 0.15) is 5.76 Å².